The van der Waals surface area contributed by atoms with Gasteiger partial charge in [0.05, 0.1) is 18.1 Å². The van der Waals surface area contributed by atoms with Crippen LogP contribution < -0.4 is 10.6 Å². The number of nitrogens with one attached hydrogen (secondary N) is 2. The van der Waals surface area contributed by atoms with Crippen molar-refractivity contribution in [3.05, 3.63) is 54.4 Å². The Balaban J connectivity index is 1.56. The van der Waals surface area contributed by atoms with Gasteiger partial charge in [0.1, 0.15) is 0 Å². The Morgan fingerprint density at radius 2 is 1.79 bits per heavy atom. The summed E-state index contributed by atoms with van der Waals surface area (Å²) in [5.74, 6) is -0.165. The Morgan fingerprint density at radius 1 is 1.14 bits per heavy atom. The number of morpholine rings is 1. The van der Waals surface area contributed by atoms with Gasteiger partial charge < -0.3 is 10.1 Å². The van der Waals surface area contributed by atoms with Gasteiger partial charge in [-0.25, -0.2) is 18.4 Å². The van der Waals surface area contributed by atoms with Crippen LogP contribution in [0.5, 0.6) is 0 Å². The highest BCUT2D eigenvalue weighted by Crippen LogP contribution is 2.18. The van der Waals surface area contributed by atoms with E-state index in [1.165, 1.54) is 22.5 Å². The van der Waals surface area contributed by atoms with E-state index in [1.807, 2.05) is 0 Å². The lowest BCUT2D eigenvalue weighted by Gasteiger charge is -2.26. The van der Waals surface area contributed by atoms with Gasteiger partial charge in [-0.2, -0.15) is 4.31 Å². The highest BCUT2D eigenvalue weighted by Gasteiger charge is 2.25. The smallest absolute Gasteiger partial charge is 0.250 e. The van der Waals surface area contributed by atoms with Gasteiger partial charge in [-0.05, 0) is 42.1 Å². The van der Waals surface area contributed by atoms with Crippen LogP contribution in [0.25, 0.3) is 6.08 Å². The average molecular weight is 434 g/mol. The first-order chi connectivity index (χ1) is 13.9. The van der Waals surface area contributed by atoms with Crippen LogP contribution in [0.3, 0.4) is 0 Å². The molecule has 1 saturated heterocycles. The molecule has 1 amide bonds. The molecule has 11 heteroatoms. The molecular weight excluding hydrogens is 414 g/mol. The third-order valence-corrected chi connectivity index (χ3v) is 6.06. The van der Waals surface area contributed by atoms with Crippen LogP contribution in [-0.4, -0.2) is 60.0 Å². The minimum absolute atomic E-state index is 0.0674. The number of carbonyl (C=O) groups is 1. The van der Waals surface area contributed by atoms with Gasteiger partial charge in [0.15, 0.2) is 5.11 Å². The first kappa shape index (κ1) is 21.0. The monoisotopic (exact) mass is 433 g/mol. The van der Waals surface area contributed by atoms with E-state index in [-0.39, 0.29) is 16.0 Å². The minimum atomic E-state index is -3.54. The van der Waals surface area contributed by atoms with E-state index < -0.39 is 15.9 Å². The van der Waals surface area contributed by atoms with Crippen molar-refractivity contribution in [2.75, 3.05) is 31.6 Å². The van der Waals surface area contributed by atoms with Crippen molar-refractivity contribution in [1.82, 2.24) is 19.6 Å². The topological polar surface area (TPSA) is 114 Å². The van der Waals surface area contributed by atoms with Crippen molar-refractivity contribution in [3.63, 3.8) is 0 Å². The van der Waals surface area contributed by atoms with Crippen molar-refractivity contribution in [2.45, 2.75) is 4.90 Å². The van der Waals surface area contributed by atoms with Gasteiger partial charge in [-0.15, -0.1) is 0 Å². The van der Waals surface area contributed by atoms with Crippen molar-refractivity contribution >= 4 is 45.3 Å². The summed E-state index contributed by atoms with van der Waals surface area (Å²) in [5, 5.41) is 5.23. The van der Waals surface area contributed by atoms with Gasteiger partial charge in [-0.1, -0.05) is 12.1 Å². The number of thiocarbonyl (C=S) groups is 1. The fraction of sp³-hybridized carbons (Fsp3) is 0.222. The van der Waals surface area contributed by atoms with E-state index in [0.717, 1.165) is 0 Å². The van der Waals surface area contributed by atoms with Crippen LogP contribution in [0, 0.1) is 0 Å². The normalized spacial score (nSPS) is 15.2. The number of aromatic nitrogens is 2. The van der Waals surface area contributed by atoms with Gasteiger partial charge in [0, 0.05) is 31.6 Å². The molecule has 2 heterocycles. The summed E-state index contributed by atoms with van der Waals surface area (Å²) >= 11 is 5.03. The van der Waals surface area contributed by atoms with Crippen LogP contribution in [0.4, 0.5) is 5.95 Å². The molecule has 29 heavy (non-hydrogen) atoms. The summed E-state index contributed by atoms with van der Waals surface area (Å²) in [4.78, 5) is 20.1. The Hall–Kier alpha value is -2.73. The maximum absolute atomic E-state index is 12.6. The molecule has 0 radical (unpaired) electrons. The SMILES string of the molecule is O=C(/C=C/c1ccc(S(=O)(=O)N2CCOCC2)cc1)NC(=S)Nc1ncccn1. The third-order valence-electron chi connectivity index (χ3n) is 3.94. The Morgan fingerprint density at radius 3 is 2.45 bits per heavy atom. The summed E-state index contributed by atoms with van der Waals surface area (Å²) in [5.41, 5.74) is 0.673. The van der Waals surface area contributed by atoms with Crippen LogP contribution in [0.15, 0.2) is 53.7 Å². The fourth-order valence-corrected chi connectivity index (χ4v) is 4.11. The molecule has 0 atom stereocenters. The zero-order valence-corrected chi connectivity index (χ0v) is 16.9. The zero-order chi connectivity index (χ0) is 20.7. The standard InChI is InChI=1S/C18H19N5O4S2/c24-16(21-18(28)22-17-19-8-1-9-20-17)7-4-14-2-5-15(6-3-14)29(25,26)23-10-12-27-13-11-23/h1-9H,10-13H2,(H2,19,20,21,22,24,28)/b7-4+. The van der Waals surface area contributed by atoms with E-state index in [1.54, 1.807) is 36.7 Å². The number of rotatable bonds is 5. The van der Waals surface area contributed by atoms with Gasteiger partial charge in [-0.3, -0.25) is 10.1 Å². The molecule has 1 aliphatic rings. The summed E-state index contributed by atoms with van der Waals surface area (Å²) in [6.45, 7) is 1.46. The van der Waals surface area contributed by atoms with Crippen molar-refractivity contribution in [3.8, 4) is 0 Å². The van der Waals surface area contributed by atoms with E-state index >= 15 is 0 Å². The summed E-state index contributed by atoms with van der Waals surface area (Å²) in [7, 11) is -3.54. The van der Waals surface area contributed by atoms with Gasteiger partial charge in [0.2, 0.25) is 21.9 Å². The second-order valence-electron chi connectivity index (χ2n) is 5.93. The Kier molecular flexibility index (Phi) is 6.99. The quantitative estimate of drug-likeness (QED) is 0.531. The Labute approximate surface area is 173 Å². The number of carbonyl (C=O) groups excluding carboxylic acids is 1. The highest BCUT2D eigenvalue weighted by atomic mass is 32.2. The summed E-state index contributed by atoms with van der Waals surface area (Å²) in [6.07, 6.45) is 5.94. The van der Waals surface area contributed by atoms with E-state index in [9.17, 15) is 13.2 Å². The van der Waals surface area contributed by atoms with E-state index in [4.69, 9.17) is 17.0 Å². The van der Waals surface area contributed by atoms with Gasteiger partial charge in [0.25, 0.3) is 0 Å². The van der Waals surface area contributed by atoms with Crippen LogP contribution in [-0.2, 0) is 19.6 Å². The number of ether oxygens (including phenoxy) is 1. The minimum Gasteiger partial charge on any atom is -0.379 e. The molecule has 1 fully saturated rings. The number of sulfonamides is 1. The molecule has 0 saturated carbocycles. The number of benzene rings is 1. The molecular formula is C18H19N5O4S2. The largest absolute Gasteiger partial charge is 0.379 e. The van der Waals surface area contributed by atoms with E-state index in [0.29, 0.717) is 31.9 Å². The van der Waals surface area contributed by atoms with E-state index in [2.05, 4.69) is 20.6 Å². The summed E-state index contributed by atoms with van der Waals surface area (Å²) in [6, 6.07) is 7.95. The summed E-state index contributed by atoms with van der Waals surface area (Å²) < 4.78 is 31.8. The maximum atomic E-state index is 12.6. The number of anilines is 1. The predicted molar refractivity (Wildman–Crippen MR) is 111 cm³/mol. The second kappa shape index (κ2) is 9.65. The molecule has 2 N–H and O–H groups in total. The molecule has 2 aromatic rings. The highest BCUT2D eigenvalue weighted by molar-refractivity contribution is 7.89. The maximum Gasteiger partial charge on any atom is 0.250 e. The molecule has 0 unspecified atom stereocenters. The third kappa shape index (κ3) is 5.87. The lowest BCUT2D eigenvalue weighted by atomic mass is 10.2. The number of hydrogen-bond acceptors (Lipinski definition) is 7. The lowest BCUT2D eigenvalue weighted by molar-refractivity contribution is -0.115. The van der Waals surface area contributed by atoms with Crippen molar-refractivity contribution in [1.29, 1.82) is 0 Å². The van der Waals surface area contributed by atoms with Crippen molar-refractivity contribution in [2.24, 2.45) is 0 Å². The Bertz CT molecular complexity index is 989. The first-order valence-electron chi connectivity index (χ1n) is 8.70. The molecule has 1 aliphatic heterocycles. The fourth-order valence-electron chi connectivity index (χ4n) is 2.51. The average Bonchev–Trinajstić information content (AvgIpc) is 2.74. The molecule has 3 rings (SSSR count). The molecule has 0 spiro atoms. The molecule has 1 aromatic carbocycles. The zero-order valence-electron chi connectivity index (χ0n) is 15.3. The number of hydrogen-bond donors (Lipinski definition) is 2. The van der Waals surface area contributed by atoms with Crippen LogP contribution >= 0.6 is 12.2 Å². The second-order valence-corrected chi connectivity index (χ2v) is 8.28. The van der Waals surface area contributed by atoms with Crippen molar-refractivity contribution < 1.29 is 17.9 Å². The van der Waals surface area contributed by atoms with Gasteiger partial charge >= 0.3 is 0 Å². The number of amides is 1. The number of nitrogens with zero attached hydrogens (tertiary/aromatic N) is 3. The molecule has 0 aliphatic carbocycles. The lowest BCUT2D eigenvalue weighted by Crippen LogP contribution is -2.40. The molecule has 1 aromatic heterocycles. The first-order valence-corrected chi connectivity index (χ1v) is 10.5. The molecule has 152 valence electrons. The van der Waals surface area contributed by atoms with Crippen LogP contribution in [0.2, 0.25) is 0 Å². The van der Waals surface area contributed by atoms with Crippen LogP contribution in [0.1, 0.15) is 5.56 Å². The molecule has 0 bridgehead atoms. The molecule has 9 nitrogen and oxygen atoms in total. The predicted octanol–water partition coefficient (Wildman–Crippen LogP) is 1.02.